The van der Waals surface area contributed by atoms with Gasteiger partial charge in [-0.25, -0.2) is 9.37 Å². The molecule has 1 aliphatic heterocycles. The zero-order valence-electron chi connectivity index (χ0n) is 18.1. The number of nitrogens with one attached hydrogen (secondary N) is 1. The minimum Gasteiger partial charge on any atom is -0.352 e. The Labute approximate surface area is 183 Å². The van der Waals surface area contributed by atoms with E-state index in [1.54, 1.807) is 18.5 Å². The topological polar surface area (TPSA) is 66.7 Å². The molecule has 168 valence electrons. The molecule has 1 aliphatic carbocycles. The maximum absolute atomic E-state index is 14.1. The molecule has 0 spiro atoms. The predicted molar refractivity (Wildman–Crippen MR) is 118 cm³/mol. The van der Waals surface area contributed by atoms with E-state index in [1.807, 2.05) is 21.6 Å². The highest BCUT2D eigenvalue weighted by molar-refractivity contribution is 5.94. The number of imidazole rings is 1. The molecule has 0 bridgehead atoms. The fourth-order valence-corrected chi connectivity index (χ4v) is 4.96. The first-order chi connectivity index (χ1) is 15.1. The van der Waals surface area contributed by atoms with Crippen LogP contribution in [0.2, 0.25) is 0 Å². The third kappa shape index (κ3) is 5.43. The van der Waals surface area contributed by atoms with Gasteiger partial charge in [-0.05, 0) is 50.2 Å². The Balaban J connectivity index is 1.11. The van der Waals surface area contributed by atoms with Crippen molar-refractivity contribution >= 4 is 17.5 Å². The van der Waals surface area contributed by atoms with Crippen molar-refractivity contribution < 1.29 is 14.0 Å². The molecule has 1 saturated heterocycles. The van der Waals surface area contributed by atoms with Crippen LogP contribution in [-0.2, 0) is 4.79 Å². The summed E-state index contributed by atoms with van der Waals surface area (Å²) in [5.41, 5.74) is 1.46. The number of amides is 2. The van der Waals surface area contributed by atoms with E-state index in [0.29, 0.717) is 30.9 Å². The average Bonchev–Trinajstić information content (AvgIpc) is 3.27. The SMILES string of the molecule is O=C(NCCCCC1CCN(C(=O)C2CCCCC2F)CC1)c1ccc2nccn2c1. The van der Waals surface area contributed by atoms with E-state index in [9.17, 15) is 14.0 Å². The fraction of sp³-hybridized carbons (Fsp3) is 0.625. The van der Waals surface area contributed by atoms with Gasteiger partial charge < -0.3 is 14.6 Å². The number of alkyl halides is 1. The minimum atomic E-state index is -0.948. The molecule has 2 fully saturated rings. The molecular weight excluding hydrogens is 395 g/mol. The second-order valence-corrected chi connectivity index (χ2v) is 9.04. The van der Waals surface area contributed by atoms with Crippen LogP contribution in [0.1, 0.15) is 68.1 Å². The largest absolute Gasteiger partial charge is 0.352 e. The summed E-state index contributed by atoms with van der Waals surface area (Å²) in [5, 5.41) is 2.99. The quantitative estimate of drug-likeness (QED) is 0.678. The Kier molecular flexibility index (Phi) is 7.20. The van der Waals surface area contributed by atoms with Crippen molar-refractivity contribution in [3.05, 3.63) is 36.3 Å². The molecule has 2 aromatic rings. The number of rotatable bonds is 7. The Morgan fingerprint density at radius 2 is 1.90 bits per heavy atom. The minimum absolute atomic E-state index is 0.0437. The molecule has 1 N–H and O–H groups in total. The molecule has 7 heteroatoms. The molecular formula is C24H33FN4O2. The molecule has 2 aliphatic rings. The molecule has 0 aromatic carbocycles. The first-order valence-corrected chi connectivity index (χ1v) is 11.8. The van der Waals surface area contributed by atoms with Crippen LogP contribution in [0.4, 0.5) is 4.39 Å². The number of halogens is 1. The summed E-state index contributed by atoms with van der Waals surface area (Å²) in [6, 6.07) is 3.64. The summed E-state index contributed by atoms with van der Waals surface area (Å²) in [6.07, 6.45) is 12.7. The fourth-order valence-electron chi connectivity index (χ4n) is 4.96. The van der Waals surface area contributed by atoms with Crippen LogP contribution in [0.25, 0.3) is 5.65 Å². The lowest BCUT2D eigenvalue weighted by Crippen LogP contribution is -2.45. The van der Waals surface area contributed by atoms with Crippen LogP contribution in [0.5, 0.6) is 0 Å². The van der Waals surface area contributed by atoms with Crippen molar-refractivity contribution in [2.24, 2.45) is 11.8 Å². The first kappa shape index (κ1) is 21.8. The molecule has 1 saturated carbocycles. The van der Waals surface area contributed by atoms with E-state index in [-0.39, 0.29) is 11.8 Å². The summed E-state index contributed by atoms with van der Waals surface area (Å²) in [5.74, 6) is 0.206. The number of hydrogen-bond donors (Lipinski definition) is 1. The Hall–Kier alpha value is -2.44. The van der Waals surface area contributed by atoms with Gasteiger partial charge in [0, 0.05) is 38.2 Å². The number of aromatic nitrogens is 2. The molecule has 6 nitrogen and oxygen atoms in total. The van der Waals surface area contributed by atoms with E-state index in [1.165, 1.54) is 0 Å². The summed E-state index contributed by atoms with van der Waals surface area (Å²) < 4.78 is 15.9. The van der Waals surface area contributed by atoms with E-state index < -0.39 is 12.1 Å². The highest BCUT2D eigenvalue weighted by atomic mass is 19.1. The molecule has 2 unspecified atom stereocenters. The number of likely N-dealkylation sites (tertiary alicyclic amines) is 1. The molecule has 2 aromatic heterocycles. The van der Waals surface area contributed by atoms with Gasteiger partial charge in [-0.15, -0.1) is 0 Å². The van der Waals surface area contributed by atoms with E-state index in [0.717, 1.165) is 63.7 Å². The van der Waals surface area contributed by atoms with Gasteiger partial charge in [0.25, 0.3) is 5.91 Å². The Morgan fingerprint density at radius 3 is 2.71 bits per heavy atom. The average molecular weight is 429 g/mol. The van der Waals surface area contributed by atoms with Crippen molar-refractivity contribution in [2.75, 3.05) is 19.6 Å². The monoisotopic (exact) mass is 428 g/mol. The number of carbonyl (C=O) groups is 2. The number of pyridine rings is 1. The molecule has 4 rings (SSSR count). The summed E-state index contributed by atoms with van der Waals surface area (Å²) >= 11 is 0. The number of fused-ring (bicyclic) bond motifs is 1. The third-order valence-electron chi connectivity index (χ3n) is 6.90. The number of unbranched alkanes of at least 4 members (excludes halogenated alkanes) is 1. The second-order valence-electron chi connectivity index (χ2n) is 9.04. The first-order valence-electron chi connectivity index (χ1n) is 11.8. The van der Waals surface area contributed by atoms with Gasteiger partial charge in [0.2, 0.25) is 5.91 Å². The maximum Gasteiger partial charge on any atom is 0.252 e. The molecule has 31 heavy (non-hydrogen) atoms. The number of hydrogen-bond acceptors (Lipinski definition) is 3. The number of nitrogens with zero attached hydrogens (tertiary/aromatic N) is 3. The second kappa shape index (κ2) is 10.2. The standard InChI is InChI=1S/C24H33FN4O2/c25-21-7-2-1-6-20(21)24(31)28-14-10-18(11-15-28)5-3-4-12-27-23(30)19-8-9-22-26-13-16-29(22)17-19/h8-9,13,16-18,20-21H,1-7,10-12,14-15H2,(H,27,30). The van der Waals surface area contributed by atoms with Crippen LogP contribution in [0.3, 0.4) is 0 Å². The highest BCUT2D eigenvalue weighted by Crippen LogP contribution is 2.30. The predicted octanol–water partition coefficient (Wildman–Crippen LogP) is 4.00. The lowest BCUT2D eigenvalue weighted by atomic mass is 9.85. The maximum atomic E-state index is 14.1. The van der Waals surface area contributed by atoms with Gasteiger partial charge in [-0.2, -0.15) is 0 Å². The number of carbonyl (C=O) groups excluding carboxylic acids is 2. The third-order valence-corrected chi connectivity index (χ3v) is 6.90. The molecule has 2 atom stereocenters. The zero-order valence-corrected chi connectivity index (χ0v) is 18.1. The normalized spacial score (nSPS) is 22.5. The van der Waals surface area contributed by atoms with E-state index >= 15 is 0 Å². The summed E-state index contributed by atoms with van der Waals surface area (Å²) in [4.78, 5) is 31.1. The lowest BCUT2D eigenvalue weighted by molar-refractivity contribution is -0.140. The molecule has 3 heterocycles. The van der Waals surface area contributed by atoms with Crippen LogP contribution in [-0.4, -0.2) is 51.9 Å². The van der Waals surface area contributed by atoms with E-state index in [4.69, 9.17) is 0 Å². The van der Waals surface area contributed by atoms with Gasteiger partial charge in [-0.1, -0.05) is 25.7 Å². The van der Waals surface area contributed by atoms with Gasteiger partial charge in [0.05, 0.1) is 11.5 Å². The Morgan fingerprint density at radius 1 is 1.10 bits per heavy atom. The lowest BCUT2D eigenvalue weighted by Gasteiger charge is -2.36. The number of piperidine rings is 1. The summed E-state index contributed by atoms with van der Waals surface area (Å²) in [6.45, 7) is 2.19. The zero-order chi connectivity index (χ0) is 21.6. The van der Waals surface area contributed by atoms with Crippen LogP contribution >= 0.6 is 0 Å². The van der Waals surface area contributed by atoms with Crippen molar-refractivity contribution in [2.45, 2.75) is 64.0 Å². The highest BCUT2D eigenvalue weighted by Gasteiger charge is 2.35. The van der Waals surface area contributed by atoms with Crippen molar-refractivity contribution in [3.63, 3.8) is 0 Å². The summed E-state index contributed by atoms with van der Waals surface area (Å²) in [7, 11) is 0. The van der Waals surface area contributed by atoms with Crippen molar-refractivity contribution in [1.82, 2.24) is 19.6 Å². The molecule has 0 radical (unpaired) electrons. The van der Waals surface area contributed by atoms with E-state index in [2.05, 4.69) is 10.3 Å². The van der Waals surface area contributed by atoms with Crippen molar-refractivity contribution in [3.8, 4) is 0 Å². The van der Waals surface area contributed by atoms with Crippen LogP contribution < -0.4 is 5.32 Å². The van der Waals surface area contributed by atoms with Crippen LogP contribution in [0.15, 0.2) is 30.7 Å². The van der Waals surface area contributed by atoms with Gasteiger partial charge >= 0.3 is 0 Å². The van der Waals surface area contributed by atoms with Gasteiger partial charge in [-0.3, -0.25) is 9.59 Å². The van der Waals surface area contributed by atoms with Gasteiger partial charge in [0.15, 0.2) is 0 Å². The van der Waals surface area contributed by atoms with Gasteiger partial charge in [0.1, 0.15) is 11.8 Å². The smallest absolute Gasteiger partial charge is 0.252 e. The molecule has 2 amide bonds. The van der Waals surface area contributed by atoms with Crippen molar-refractivity contribution in [1.29, 1.82) is 0 Å². The Bertz CT molecular complexity index is 891. The van der Waals surface area contributed by atoms with Crippen LogP contribution in [0, 0.1) is 11.8 Å².